The summed E-state index contributed by atoms with van der Waals surface area (Å²) < 4.78 is 27.6. The van der Waals surface area contributed by atoms with E-state index in [9.17, 15) is 18.5 Å². The Labute approximate surface area is 160 Å². The molecule has 0 spiro atoms. The van der Waals surface area contributed by atoms with Crippen LogP contribution in [0, 0.1) is 10.1 Å². The normalized spacial score (nSPS) is 16.5. The van der Waals surface area contributed by atoms with E-state index in [1.165, 1.54) is 10.4 Å². The van der Waals surface area contributed by atoms with Crippen LogP contribution in [-0.4, -0.2) is 48.7 Å². The summed E-state index contributed by atoms with van der Waals surface area (Å²) in [5.41, 5.74) is 0.916. The number of non-ortho nitro benzene ring substituents is 1. The van der Waals surface area contributed by atoms with Gasteiger partial charge < -0.3 is 0 Å². The van der Waals surface area contributed by atoms with Crippen molar-refractivity contribution in [2.24, 2.45) is 0 Å². The van der Waals surface area contributed by atoms with Gasteiger partial charge in [-0.15, -0.1) is 0 Å². The van der Waals surface area contributed by atoms with Gasteiger partial charge in [0.05, 0.1) is 9.82 Å². The van der Waals surface area contributed by atoms with Gasteiger partial charge >= 0.3 is 0 Å². The topological polar surface area (TPSA) is 83.8 Å². The van der Waals surface area contributed by atoms with E-state index in [1.54, 1.807) is 36.4 Å². The first-order valence-corrected chi connectivity index (χ1v) is 10.3. The van der Waals surface area contributed by atoms with Crippen LogP contribution in [0.3, 0.4) is 0 Å². The van der Waals surface area contributed by atoms with E-state index in [2.05, 4.69) is 20.8 Å². The number of benzene rings is 2. The third-order valence-corrected chi connectivity index (χ3v) is 7.22. The first-order chi connectivity index (χ1) is 12.4. The Balaban J connectivity index is 1.65. The van der Waals surface area contributed by atoms with Crippen molar-refractivity contribution in [2.75, 3.05) is 26.2 Å². The molecule has 0 aliphatic carbocycles. The van der Waals surface area contributed by atoms with Gasteiger partial charge in [0.25, 0.3) is 5.69 Å². The van der Waals surface area contributed by atoms with Crippen molar-refractivity contribution in [1.82, 2.24) is 9.21 Å². The molecule has 0 bridgehead atoms. The average molecular weight is 440 g/mol. The van der Waals surface area contributed by atoms with Crippen LogP contribution in [0.1, 0.15) is 5.56 Å². The molecule has 9 heteroatoms. The van der Waals surface area contributed by atoms with Crippen molar-refractivity contribution in [3.8, 4) is 0 Å². The molecule has 2 aromatic rings. The highest BCUT2D eigenvalue weighted by Gasteiger charge is 2.29. The summed E-state index contributed by atoms with van der Waals surface area (Å²) in [5.74, 6) is 0. The van der Waals surface area contributed by atoms with E-state index in [4.69, 9.17) is 0 Å². The average Bonchev–Trinajstić information content (AvgIpc) is 2.62. The fraction of sp³-hybridized carbons (Fsp3) is 0.294. The highest BCUT2D eigenvalue weighted by Crippen LogP contribution is 2.25. The van der Waals surface area contributed by atoms with Gasteiger partial charge in [-0.05, 0) is 33.6 Å². The van der Waals surface area contributed by atoms with Crippen molar-refractivity contribution >= 4 is 31.6 Å². The SMILES string of the molecule is O=[N+]([O-])c1cccc(CN2CCN(S(=O)(=O)c3ccccc3Br)CC2)c1. The summed E-state index contributed by atoms with van der Waals surface area (Å²) in [6.45, 7) is 2.49. The minimum absolute atomic E-state index is 0.0673. The summed E-state index contributed by atoms with van der Waals surface area (Å²) in [6.07, 6.45) is 0. The second-order valence-electron chi connectivity index (χ2n) is 6.04. The highest BCUT2D eigenvalue weighted by molar-refractivity contribution is 9.10. The molecule has 26 heavy (non-hydrogen) atoms. The number of nitro benzene ring substituents is 1. The molecule has 1 saturated heterocycles. The summed E-state index contributed by atoms with van der Waals surface area (Å²) in [5, 5.41) is 10.9. The third-order valence-electron chi connectivity index (χ3n) is 4.31. The molecule has 0 saturated carbocycles. The molecule has 0 radical (unpaired) electrons. The van der Waals surface area contributed by atoms with Gasteiger partial charge in [0.15, 0.2) is 0 Å². The molecule has 138 valence electrons. The Morgan fingerprint density at radius 2 is 1.73 bits per heavy atom. The number of halogens is 1. The minimum atomic E-state index is -3.54. The maximum atomic E-state index is 12.8. The number of nitro groups is 1. The molecule has 0 atom stereocenters. The smallest absolute Gasteiger partial charge is 0.269 e. The van der Waals surface area contributed by atoms with Crippen molar-refractivity contribution < 1.29 is 13.3 Å². The van der Waals surface area contributed by atoms with Crippen molar-refractivity contribution in [2.45, 2.75) is 11.4 Å². The summed E-state index contributed by atoms with van der Waals surface area (Å²) >= 11 is 3.30. The molecule has 1 aliphatic heterocycles. The molecule has 1 heterocycles. The Bertz CT molecular complexity index is 912. The fourth-order valence-electron chi connectivity index (χ4n) is 2.95. The first kappa shape index (κ1) is 19.0. The van der Waals surface area contributed by atoms with Gasteiger partial charge in [-0.3, -0.25) is 15.0 Å². The summed E-state index contributed by atoms with van der Waals surface area (Å²) in [4.78, 5) is 12.8. The standard InChI is InChI=1S/C17H18BrN3O4S/c18-16-6-1-2-7-17(16)26(24,25)20-10-8-19(9-11-20)13-14-4-3-5-15(12-14)21(22)23/h1-7,12H,8-11,13H2. The van der Waals surface area contributed by atoms with E-state index >= 15 is 0 Å². The predicted molar refractivity (Wildman–Crippen MR) is 101 cm³/mol. The second-order valence-corrected chi connectivity index (χ2v) is 8.80. The van der Waals surface area contributed by atoms with Crippen molar-refractivity contribution in [3.63, 3.8) is 0 Å². The molecule has 0 amide bonds. The van der Waals surface area contributed by atoms with Gasteiger partial charge in [-0.25, -0.2) is 8.42 Å². The minimum Gasteiger partial charge on any atom is -0.296 e. The van der Waals surface area contributed by atoms with E-state index in [-0.39, 0.29) is 10.6 Å². The van der Waals surface area contributed by atoms with Crippen molar-refractivity contribution in [1.29, 1.82) is 0 Å². The first-order valence-electron chi connectivity index (χ1n) is 8.08. The zero-order valence-corrected chi connectivity index (χ0v) is 16.3. The van der Waals surface area contributed by atoms with E-state index < -0.39 is 14.9 Å². The van der Waals surface area contributed by atoms with E-state index in [0.29, 0.717) is 37.2 Å². The molecule has 3 rings (SSSR count). The van der Waals surface area contributed by atoms with Crippen LogP contribution in [0.25, 0.3) is 0 Å². The fourth-order valence-corrected chi connectivity index (χ4v) is 5.33. The van der Waals surface area contributed by atoms with Crippen LogP contribution in [-0.2, 0) is 16.6 Å². The lowest BCUT2D eigenvalue weighted by molar-refractivity contribution is -0.384. The van der Waals surface area contributed by atoms with E-state index in [1.807, 2.05) is 6.07 Å². The Morgan fingerprint density at radius 3 is 2.38 bits per heavy atom. The number of rotatable bonds is 5. The number of hydrogen-bond acceptors (Lipinski definition) is 5. The van der Waals surface area contributed by atoms with Gasteiger partial charge in [-0.2, -0.15) is 4.31 Å². The second kappa shape index (κ2) is 7.83. The lowest BCUT2D eigenvalue weighted by atomic mass is 10.2. The van der Waals surface area contributed by atoms with Crippen LogP contribution >= 0.6 is 15.9 Å². The number of hydrogen-bond donors (Lipinski definition) is 0. The van der Waals surface area contributed by atoms with Crippen LogP contribution in [0.4, 0.5) is 5.69 Å². The van der Waals surface area contributed by atoms with E-state index in [0.717, 1.165) is 5.56 Å². The number of piperazine rings is 1. The Morgan fingerprint density at radius 1 is 1.04 bits per heavy atom. The molecule has 7 nitrogen and oxygen atoms in total. The predicted octanol–water partition coefficient (Wildman–Crippen LogP) is 2.86. The maximum Gasteiger partial charge on any atom is 0.269 e. The van der Waals surface area contributed by atoms with Crippen LogP contribution in [0.5, 0.6) is 0 Å². The molecule has 0 unspecified atom stereocenters. The van der Waals surface area contributed by atoms with Crippen LogP contribution < -0.4 is 0 Å². The lowest BCUT2D eigenvalue weighted by Crippen LogP contribution is -2.48. The third kappa shape index (κ3) is 4.12. The van der Waals surface area contributed by atoms with Gasteiger partial charge in [0, 0.05) is 49.3 Å². The summed E-state index contributed by atoms with van der Waals surface area (Å²) in [6, 6.07) is 13.3. The lowest BCUT2D eigenvalue weighted by Gasteiger charge is -2.34. The Kier molecular flexibility index (Phi) is 5.71. The summed E-state index contributed by atoms with van der Waals surface area (Å²) in [7, 11) is -3.54. The van der Waals surface area contributed by atoms with Gasteiger partial charge in [0.1, 0.15) is 0 Å². The zero-order chi connectivity index (χ0) is 18.7. The maximum absolute atomic E-state index is 12.8. The molecule has 0 aromatic heterocycles. The molecule has 1 aliphatic rings. The monoisotopic (exact) mass is 439 g/mol. The molecule has 2 aromatic carbocycles. The number of sulfonamides is 1. The molecular formula is C17H18BrN3O4S. The molecular weight excluding hydrogens is 422 g/mol. The van der Waals surface area contributed by atoms with Crippen LogP contribution in [0.15, 0.2) is 57.9 Å². The quantitative estimate of drug-likeness (QED) is 0.528. The Hall–Kier alpha value is -1.81. The number of nitrogens with zero attached hydrogens (tertiary/aromatic N) is 3. The van der Waals surface area contributed by atoms with Gasteiger partial charge in [0.2, 0.25) is 10.0 Å². The van der Waals surface area contributed by atoms with Crippen molar-refractivity contribution in [3.05, 3.63) is 68.7 Å². The zero-order valence-electron chi connectivity index (χ0n) is 13.9. The molecule has 0 N–H and O–H groups in total. The molecule has 1 fully saturated rings. The van der Waals surface area contributed by atoms with Gasteiger partial charge in [-0.1, -0.05) is 24.3 Å². The highest BCUT2D eigenvalue weighted by atomic mass is 79.9. The van der Waals surface area contributed by atoms with Crippen LogP contribution in [0.2, 0.25) is 0 Å². The largest absolute Gasteiger partial charge is 0.296 e.